The highest BCUT2D eigenvalue weighted by atomic mass is 19.1. The molecule has 11 heteroatoms. The van der Waals surface area contributed by atoms with Gasteiger partial charge in [-0.25, -0.2) is 13.8 Å². The van der Waals surface area contributed by atoms with E-state index >= 15 is 0 Å². The lowest BCUT2D eigenvalue weighted by Gasteiger charge is -2.40. The second-order valence-corrected chi connectivity index (χ2v) is 7.97. The molecule has 1 aromatic carbocycles. The summed E-state index contributed by atoms with van der Waals surface area (Å²) in [5, 5.41) is 17.7. The average Bonchev–Trinajstić information content (AvgIpc) is 3.19. The molecule has 0 amide bonds. The number of halogens is 2. The number of nitrogens with two attached hydrogens (primary N) is 2. The van der Waals surface area contributed by atoms with Gasteiger partial charge in [0, 0.05) is 31.4 Å². The maximum absolute atomic E-state index is 14.3. The van der Waals surface area contributed by atoms with Gasteiger partial charge in [0.2, 0.25) is 5.95 Å². The molecule has 170 valence electrons. The summed E-state index contributed by atoms with van der Waals surface area (Å²) in [6.45, 7) is 0.815. The molecule has 9 nitrogen and oxygen atoms in total. The summed E-state index contributed by atoms with van der Waals surface area (Å²) in [6, 6.07) is 7.71. The molecular weight excluding hydrogens is 430 g/mol. The molecule has 0 saturated carbocycles. The van der Waals surface area contributed by atoms with Gasteiger partial charge in [-0.1, -0.05) is 6.07 Å². The SMILES string of the molecule is N[C@@H]1CN(c2ccncc2Nc2ncc3ccc(-c4c(F)cccc4F)nn23)C[C@H](N)C1O. The number of imidazole rings is 1. The van der Waals surface area contributed by atoms with E-state index in [-0.39, 0.29) is 11.3 Å². The Kier molecular flexibility index (Phi) is 5.36. The molecule has 4 aromatic rings. The molecule has 0 aliphatic carbocycles. The molecular formula is C22H22F2N8O. The Morgan fingerprint density at radius 3 is 2.45 bits per heavy atom. The first-order chi connectivity index (χ1) is 15.9. The van der Waals surface area contributed by atoms with Crippen LogP contribution in [0.25, 0.3) is 16.8 Å². The predicted molar refractivity (Wildman–Crippen MR) is 120 cm³/mol. The molecule has 1 aliphatic heterocycles. The maximum atomic E-state index is 14.3. The fourth-order valence-corrected chi connectivity index (χ4v) is 4.04. The molecule has 1 aliphatic rings. The second kappa shape index (κ2) is 8.35. The lowest BCUT2D eigenvalue weighted by Crippen LogP contribution is -2.62. The molecule has 33 heavy (non-hydrogen) atoms. The fourth-order valence-electron chi connectivity index (χ4n) is 4.04. The summed E-state index contributed by atoms with van der Waals surface area (Å²) in [7, 11) is 0. The number of aliphatic hydroxyl groups is 1. The van der Waals surface area contributed by atoms with Crippen molar-refractivity contribution in [3.05, 3.63) is 66.6 Å². The molecule has 5 rings (SSSR count). The number of fused-ring (bicyclic) bond motifs is 1. The van der Waals surface area contributed by atoms with Crippen LogP contribution in [0, 0.1) is 11.6 Å². The number of anilines is 3. The van der Waals surface area contributed by atoms with E-state index in [0.29, 0.717) is 30.2 Å². The van der Waals surface area contributed by atoms with E-state index in [2.05, 4.69) is 20.4 Å². The number of benzene rings is 1. The maximum Gasteiger partial charge on any atom is 0.229 e. The molecule has 1 unspecified atom stereocenters. The summed E-state index contributed by atoms with van der Waals surface area (Å²) >= 11 is 0. The van der Waals surface area contributed by atoms with Crippen LogP contribution in [-0.2, 0) is 0 Å². The van der Waals surface area contributed by atoms with Crippen LogP contribution in [0.5, 0.6) is 0 Å². The van der Waals surface area contributed by atoms with Gasteiger partial charge in [-0.05, 0) is 30.3 Å². The third-order valence-corrected chi connectivity index (χ3v) is 5.73. The summed E-state index contributed by atoms with van der Waals surface area (Å²) in [4.78, 5) is 10.5. The van der Waals surface area contributed by atoms with Gasteiger partial charge >= 0.3 is 0 Å². The van der Waals surface area contributed by atoms with E-state index in [1.165, 1.54) is 22.7 Å². The van der Waals surface area contributed by atoms with Gasteiger partial charge in [0.15, 0.2) is 0 Å². The van der Waals surface area contributed by atoms with Gasteiger partial charge in [0.1, 0.15) is 11.6 Å². The molecule has 0 spiro atoms. The minimum absolute atomic E-state index is 0.132. The van der Waals surface area contributed by atoms with Crippen molar-refractivity contribution in [3.8, 4) is 11.3 Å². The molecule has 4 heterocycles. The summed E-state index contributed by atoms with van der Waals surface area (Å²) in [6.07, 6.45) is 4.08. The van der Waals surface area contributed by atoms with E-state index in [1.54, 1.807) is 30.7 Å². The molecule has 3 atom stereocenters. The van der Waals surface area contributed by atoms with Crippen LogP contribution in [0.15, 0.2) is 55.0 Å². The lowest BCUT2D eigenvalue weighted by atomic mass is 9.98. The minimum atomic E-state index is -0.780. The molecule has 6 N–H and O–H groups in total. The Labute approximate surface area is 187 Å². The van der Waals surface area contributed by atoms with Crippen LogP contribution in [0.3, 0.4) is 0 Å². The van der Waals surface area contributed by atoms with E-state index in [9.17, 15) is 13.9 Å². The van der Waals surface area contributed by atoms with Crippen molar-refractivity contribution in [2.45, 2.75) is 18.2 Å². The van der Waals surface area contributed by atoms with Crippen molar-refractivity contribution in [2.24, 2.45) is 11.5 Å². The van der Waals surface area contributed by atoms with Crippen molar-refractivity contribution >= 4 is 22.8 Å². The highest BCUT2D eigenvalue weighted by Crippen LogP contribution is 2.30. The van der Waals surface area contributed by atoms with Gasteiger partial charge in [-0.15, -0.1) is 0 Å². The number of piperidine rings is 1. The summed E-state index contributed by atoms with van der Waals surface area (Å²) in [5.41, 5.74) is 14.1. The normalized spacial score (nSPS) is 20.9. The van der Waals surface area contributed by atoms with Crippen LogP contribution < -0.4 is 21.7 Å². The number of rotatable bonds is 4. The monoisotopic (exact) mass is 452 g/mol. The van der Waals surface area contributed by atoms with E-state index < -0.39 is 29.8 Å². The Morgan fingerprint density at radius 1 is 1.00 bits per heavy atom. The van der Waals surface area contributed by atoms with E-state index in [0.717, 1.165) is 5.69 Å². The summed E-state index contributed by atoms with van der Waals surface area (Å²) in [5.74, 6) is -1.07. The van der Waals surface area contributed by atoms with Crippen molar-refractivity contribution in [1.82, 2.24) is 19.6 Å². The highest BCUT2D eigenvalue weighted by molar-refractivity contribution is 5.74. The molecule has 1 saturated heterocycles. The van der Waals surface area contributed by atoms with Gasteiger partial charge in [-0.2, -0.15) is 9.61 Å². The number of aromatic nitrogens is 4. The standard InChI is InChI=1S/C22H22F2N8O/c23-13-2-1-3-14(24)20(13)17-5-4-12-8-28-22(32(12)30-17)29-18-9-27-7-6-19(18)31-10-15(25)21(33)16(26)11-31/h1-9,15-16,21,33H,10-11,25-26H2,(H,28,29)/t15-,16+,21?. The van der Waals surface area contributed by atoms with Crippen LogP contribution >= 0.6 is 0 Å². The largest absolute Gasteiger partial charge is 0.390 e. The van der Waals surface area contributed by atoms with Crippen molar-refractivity contribution in [3.63, 3.8) is 0 Å². The number of nitrogens with zero attached hydrogens (tertiary/aromatic N) is 5. The average molecular weight is 452 g/mol. The Morgan fingerprint density at radius 2 is 1.73 bits per heavy atom. The number of hydrogen-bond donors (Lipinski definition) is 4. The Bertz CT molecular complexity index is 1280. The number of hydrogen-bond acceptors (Lipinski definition) is 8. The van der Waals surface area contributed by atoms with E-state index in [1.807, 2.05) is 11.0 Å². The number of nitrogens with one attached hydrogen (secondary N) is 1. The van der Waals surface area contributed by atoms with Crippen molar-refractivity contribution in [1.29, 1.82) is 0 Å². The van der Waals surface area contributed by atoms with Gasteiger partial charge in [0.25, 0.3) is 0 Å². The van der Waals surface area contributed by atoms with Crippen molar-refractivity contribution in [2.75, 3.05) is 23.3 Å². The third-order valence-electron chi connectivity index (χ3n) is 5.73. The molecule has 0 bridgehead atoms. The van der Waals surface area contributed by atoms with Crippen molar-refractivity contribution < 1.29 is 13.9 Å². The molecule has 3 aromatic heterocycles. The smallest absolute Gasteiger partial charge is 0.229 e. The lowest BCUT2D eigenvalue weighted by molar-refractivity contribution is 0.105. The topological polar surface area (TPSA) is 131 Å². The second-order valence-electron chi connectivity index (χ2n) is 7.97. The minimum Gasteiger partial charge on any atom is -0.390 e. The first-order valence-electron chi connectivity index (χ1n) is 10.4. The number of pyridine rings is 1. The van der Waals surface area contributed by atoms with Gasteiger partial charge in [-0.3, -0.25) is 4.98 Å². The van der Waals surface area contributed by atoms with Gasteiger partial charge < -0.3 is 26.8 Å². The first kappa shape index (κ1) is 21.2. The zero-order valence-corrected chi connectivity index (χ0v) is 17.4. The van der Waals surface area contributed by atoms with Crippen LogP contribution in [0.4, 0.5) is 26.1 Å². The zero-order chi connectivity index (χ0) is 23.1. The van der Waals surface area contributed by atoms with Crippen LogP contribution in [0.2, 0.25) is 0 Å². The predicted octanol–water partition coefficient (Wildman–Crippen LogP) is 1.65. The van der Waals surface area contributed by atoms with Crippen LogP contribution in [-0.4, -0.2) is 56.0 Å². The van der Waals surface area contributed by atoms with E-state index in [4.69, 9.17) is 11.5 Å². The number of aliphatic hydroxyl groups excluding tert-OH is 1. The Balaban J connectivity index is 1.51. The third kappa shape index (κ3) is 3.86. The zero-order valence-electron chi connectivity index (χ0n) is 17.4. The Hall–Kier alpha value is -3.67. The highest BCUT2D eigenvalue weighted by Gasteiger charge is 2.32. The molecule has 0 radical (unpaired) electrons. The van der Waals surface area contributed by atoms with Crippen LogP contribution in [0.1, 0.15) is 0 Å². The van der Waals surface area contributed by atoms with Gasteiger partial charge in [0.05, 0.1) is 46.6 Å². The summed E-state index contributed by atoms with van der Waals surface area (Å²) < 4.78 is 30.0. The quantitative estimate of drug-likeness (QED) is 0.368. The molecule has 1 fully saturated rings. The first-order valence-corrected chi connectivity index (χ1v) is 10.4. The fraction of sp³-hybridized carbons (Fsp3) is 0.227.